The van der Waals surface area contributed by atoms with Crippen LogP contribution >= 0.6 is 0 Å². The third-order valence-electron chi connectivity index (χ3n) is 6.08. The van der Waals surface area contributed by atoms with Crippen molar-refractivity contribution in [3.8, 4) is 29.1 Å². The Morgan fingerprint density at radius 1 is 0.917 bits per heavy atom. The van der Waals surface area contributed by atoms with E-state index in [2.05, 4.69) is 11.0 Å². The zero-order valence-electron chi connectivity index (χ0n) is 22.4. The zero-order chi connectivity index (χ0) is 26.7. The first-order valence-electron chi connectivity index (χ1n) is 12.0. The number of nitriles is 1. The van der Waals surface area contributed by atoms with Crippen molar-refractivity contribution in [3.05, 3.63) is 47.5 Å². The molecule has 0 saturated heterocycles. The molecule has 0 radical (unpaired) electrons. The molecule has 0 bridgehead atoms. The molecule has 0 amide bonds. The number of methoxy groups -OCH3 is 4. The number of carbonyl (C=O) groups excluding carboxylic acids is 1. The molecule has 1 unspecified atom stereocenters. The zero-order valence-corrected chi connectivity index (χ0v) is 22.4. The summed E-state index contributed by atoms with van der Waals surface area (Å²) in [5.74, 6) is 1.83. The maximum absolute atomic E-state index is 13.2. The number of benzene rings is 2. The number of likely N-dealkylation sites (N-methyl/N-ethyl adjacent to an activating group) is 1. The maximum atomic E-state index is 13.2. The van der Waals surface area contributed by atoms with Crippen molar-refractivity contribution in [2.75, 3.05) is 48.6 Å². The van der Waals surface area contributed by atoms with E-state index in [1.54, 1.807) is 53.4 Å². The topological polar surface area (TPSA) is 90.3 Å². The standard InChI is InChI=1S/C28H38N2O6/c1-20(2)36-27(31)28(19-29,22-10-12-24(33-5)26(18-22)35-7)14-8-15-30(3)16-13-21-9-11-23(32-4)25(17-21)34-6/h9-12,17-18,20H,8,13-16H2,1-7H3. The van der Waals surface area contributed by atoms with Crippen LogP contribution in [-0.4, -0.2) is 65.5 Å². The lowest BCUT2D eigenvalue weighted by Crippen LogP contribution is -2.38. The number of esters is 1. The molecule has 0 aliphatic rings. The van der Waals surface area contributed by atoms with Crippen LogP contribution in [0.15, 0.2) is 36.4 Å². The molecule has 0 fully saturated rings. The van der Waals surface area contributed by atoms with Crippen molar-refractivity contribution >= 4 is 5.97 Å². The van der Waals surface area contributed by atoms with Gasteiger partial charge in [0, 0.05) is 6.54 Å². The lowest BCUT2D eigenvalue weighted by atomic mass is 9.77. The van der Waals surface area contributed by atoms with Crippen LogP contribution in [-0.2, 0) is 21.4 Å². The Morgan fingerprint density at radius 2 is 1.50 bits per heavy atom. The second-order valence-corrected chi connectivity index (χ2v) is 8.89. The molecule has 0 aliphatic carbocycles. The lowest BCUT2D eigenvalue weighted by Gasteiger charge is -2.28. The highest BCUT2D eigenvalue weighted by atomic mass is 16.5. The van der Waals surface area contributed by atoms with Gasteiger partial charge in [0.25, 0.3) is 0 Å². The van der Waals surface area contributed by atoms with Crippen molar-refractivity contribution in [1.82, 2.24) is 4.90 Å². The van der Waals surface area contributed by atoms with Crippen molar-refractivity contribution in [2.45, 2.75) is 44.6 Å². The van der Waals surface area contributed by atoms with Crippen LogP contribution in [0.5, 0.6) is 23.0 Å². The molecule has 0 spiro atoms. The van der Waals surface area contributed by atoms with Gasteiger partial charge in [-0.15, -0.1) is 0 Å². The minimum Gasteiger partial charge on any atom is -0.493 e. The molecule has 2 rings (SSSR count). The highest BCUT2D eigenvalue weighted by Crippen LogP contribution is 2.37. The summed E-state index contributed by atoms with van der Waals surface area (Å²) >= 11 is 0. The van der Waals surface area contributed by atoms with Gasteiger partial charge in [-0.2, -0.15) is 5.26 Å². The summed E-state index contributed by atoms with van der Waals surface area (Å²) in [6.07, 6.45) is 1.42. The van der Waals surface area contributed by atoms with Gasteiger partial charge < -0.3 is 28.6 Å². The van der Waals surface area contributed by atoms with Gasteiger partial charge in [-0.3, -0.25) is 0 Å². The molecule has 0 saturated carbocycles. The first-order valence-corrected chi connectivity index (χ1v) is 12.0. The molecule has 36 heavy (non-hydrogen) atoms. The van der Waals surface area contributed by atoms with Gasteiger partial charge in [0.2, 0.25) is 0 Å². The van der Waals surface area contributed by atoms with Crippen LogP contribution in [0.4, 0.5) is 0 Å². The molecule has 2 aromatic rings. The van der Waals surface area contributed by atoms with Gasteiger partial charge in [-0.05, 0) is 82.1 Å². The maximum Gasteiger partial charge on any atom is 0.331 e. The summed E-state index contributed by atoms with van der Waals surface area (Å²) in [5, 5.41) is 10.3. The molecule has 1 atom stereocenters. The molecule has 0 heterocycles. The minimum absolute atomic E-state index is 0.311. The summed E-state index contributed by atoms with van der Waals surface area (Å²) in [6, 6.07) is 13.3. The van der Waals surface area contributed by atoms with Gasteiger partial charge in [0.1, 0.15) is 0 Å². The number of hydrogen-bond donors (Lipinski definition) is 0. The molecule has 8 nitrogen and oxygen atoms in total. The van der Waals surface area contributed by atoms with E-state index >= 15 is 0 Å². The van der Waals surface area contributed by atoms with Crippen molar-refractivity contribution in [1.29, 1.82) is 5.26 Å². The Bertz CT molecular complexity index is 1050. The van der Waals surface area contributed by atoms with Crippen molar-refractivity contribution in [2.24, 2.45) is 0 Å². The first-order chi connectivity index (χ1) is 17.2. The normalized spacial score (nSPS) is 12.6. The predicted octanol–water partition coefficient (Wildman–Crippen LogP) is 4.39. The van der Waals surface area contributed by atoms with Crippen LogP contribution < -0.4 is 18.9 Å². The average molecular weight is 499 g/mol. The van der Waals surface area contributed by atoms with E-state index in [0.717, 1.165) is 18.5 Å². The Balaban J connectivity index is 2.13. The second-order valence-electron chi connectivity index (χ2n) is 8.89. The molecule has 196 valence electrons. The third kappa shape index (κ3) is 7.05. The fourth-order valence-electron chi connectivity index (χ4n) is 4.03. The number of hydrogen-bond acceptors (Lipinski definition) is 8. The number of nitrogens with zero attached hydrogens (tertiary/aromatic N) is 2. The van der Waals surface area contributed by atoms with E-state index in [-0.39, 0.29) is 6.10 Å². The quantitative estimate of drug-likeness (QED) is 0.354. The molecule has 0 aliphatic heterocycles. The number of carbonyl (C=O) groups is 1. The summed E-state index contributed by atoms with van der Waals surface area (Å²) < 4.78 is 27.0. The summed E-state index contributed by atoms with van der Waals surface area (Å²) in [5.41, 5.74) is 0.214. The lowest BCUT2D eigenvalue weighted by molar-refractivity contribution is -0.152. The van der Waals surface area contributed by atoms with E-state index in [9.17, 15) is 10.1 Å². The predicted molar refractivity (Wildman–Crippen MR) is 138 cm³/mol. The smallest absolute Gasteiger partial charge is 0.331 e. The van der Waals surface area contributed by atoms with Crippen LogP contribution in [0.1, 0.15) is 37.8 Å². The Hall–Kier alpha value is -3.44. The van der Waals surface area contributed by atoms with Gasteiger partial charge in [-0.1, -0.05) is 12.1 Å². The van der Waals surface area contributed by atoms with E-state index in [1.165, 1.54) is 7.11 Å². The molecule has 2 aromatic carbocycles. The van der Waals surface area contributed by atoms with Crippen LogP contribution in [0.25, 0.3) is 0 Å². The highest BCUT2D eigenvalue weighted by molar-refractivity contribution is 5.87. The Kier molecular flexibility index (Phi) is 10.9. The van der Waals surface area contributed by atoms with Crippen LogP contribution in [0.2, 0.25) is 0 Å². The van der Waals surface area contributed by atoms with Crippen LogP contribution in [0, 0.1) is 11.3 Å². The van der Waals surface area contributed by atoms with E-state index in [0.29, 0.717) is 47.9 Å². The van der Waals surface area contributed by atoms with Gasteiger partial charge in [-0.25, -0.2) is 4.79 Å². The van der Waals surface area contributed by atoms with Gasteiger partial charge in [0.05, 0.1) is 40.6 Å². The van der Waals surface area contributed by atoms with Gasteiger partial charge in [0.15, 0.2) is 28.4 Å². The van der Waals surface area contributed by atoms with E-state index in [1.807, 2.05) is 25.2 Å². The molecule has 0 aromatic heterocycles. The SMILES string of the molecule is COc1ccc(CCN(C)CCCC(C#N)(C(=O)OC(C)C)c2ccc(OC)c(OC)c2)cc1OC. The van der Waals surface area contributed by atoms with Gasteiger partial charge >= 0.3 is 5.97 Å². The Labute approximate surface area is 214 Å². The molecular weight excluding hydrogens is 460 g/mol. The highest BCUT2D eigenvalue weighted by Gasteiger charge is 2.43. The van der Waals surface area contributed by atoms with Crippen molar-refractivity contribution in [3.63, 3.8) is 0 Å². The van der Waals surface area contributed by atoms with Crippen LogP contribution in [0.3, 0.4) is 0 Å². The monoisotopic (exact) mass is 498 g/mol. The van der Waals surface area contributed by atoms with E-state index < -0.39 is 11.4 Å². The minimum atomic E-state index is -1.45. The molecule has 0 N–H and O–H groups in total. The number of rotatable bonds is 14. The fraction of sp³-hybridized carbons (Fsp3) is 0.500. The summed E-state index contributed by atoms with van der Waals surface area (Å²) in [4.78, 5) is 15.4. The van der Waals surface area contributed by atoms with Crippen molar-refractivity contribution < 1.29 is 28.5 Å². The average Bonchev–Trinajstić information content (AvgIpc) is 2.88. The van der Waals surface area contributed by atoms with E-state index in [4.69, 9.17) is 23.7 Å². The summed E-state index contributed by atoms with van der Waals surface area (Å²) in [6.45, 7) is 5.06. The molecule has 8 heteroatoms. The Morgan fingerprint density at radius 3 is 2.06 bits per heavy atom. The second kappa shape index (κ2) is 13.6. The summed E-state index contributed by atoms with van der Waals surface area (Å²) in [7, 11) is 8.33. The third-order valence-corrected chi connectivity index (χ3v) is 6.08. The largest absolute Gasteiger partial charge is 0.493 e. The molecular formula is C28H38N2O6. The number of ether oxygens (including phenoxy) is 5. The fourth-order valence-corrected chi connectivity index (χ4v) is 4.03. The first kappa shape index (κ1) is 28.8.